The molecule has 0 unspecified atom stereocenters. The number of hydrogen-bond acceptors (Lipinski definition) is 8. The zero-order valence-electron chi connectivity index (χ0n) is 14.7. The van der Waals surface area contributed by atoms with E-state index in [1.54, 1.807) is 6.07 Å². The lowest BCUT2D eigenvalue weighted by Crippen LogP contribution is -2.43. The van der Waals surface area contributed by atoms with Gasteiger partial charge < -0.3 is 4.74 Å². The number of amides is 1. The first-order valence-electron chi connectivity index (χ1n) is 7.68. The first-order chi connectivity index (χ1) is 12.7. The van der Waals surface area contributed by atoms with E-state index in [9.17, 15) is 23.3 Å². The second kappa shape index (κ2) is 10.7. The number of carbonyl (C=O) groups excluding carboxylic acids is 1. The molecule has 11 nitrogen and oxygen atoms in total. The van der Waals surface area contributed by atoms with Gasteiger partial charge in [-0.05, 0) is 24.3 Å². The van der Waals surface area contributed by atoms with Crippen molar-refractivity contribution in [1.82, 2.24) is 10.4 Å². The van der Waals surface area contributed by atoms with Crippen LogP contribution in [0.4, 0.5) is 16.2 Å². The van der Waals surface area contributed by atoms with E-state index >= 15 is 0 Å². The Morgan fingerprint density at radius 2 is 2.22 bits per heavy atom. The van der Waals surface area contributed by atoms with Crippen LogP contribution in [0.15, 0.2) is 28.1 Å². The monoisotopic (exact) mass is 420 g/mol. The van der Waals surface area contributed by atoms with Gasteiger partial charge in [-0.15, -0.1) is 11.8 Å². The highest BCUT2D eigenvalue weighted by Crippen LogP contribution is 2.32. The molecule has 0 fully saturated rings. The van der Waals surface area contributed by atoms with E-state index in [2.05, 4.69) is 15.2 Å². The van der Waals surface area contributed by atoms with Crippen LogP contribution in [0, 0.1) is 10.1 Å². The highest BCUT2D eigenvalue weighted by atomic mass is 32.2. The SMILES string of the molecule is CCCSc1ccc([N+](=O)[O-])c(N=CN(CCS(=O)(=O)O)NC(=O)OC)c1. The Kier molecular flexibility index (Phi) is 8.97. The maximum Gasteiger partial charge on any atom is 0.425 e. The largest absolute Gasteiger partial charge is 0.452 e. The van der Waals surface area contributed by atoms with Crippen molar-refractivity contribution in [3.8, 4) is 0 Å². The molecule has 1 rings (SSSR count). The Hall–Kier alpha value is -2.38. The maximum absolute atomic E-state index is 11.3. The van der Waals surface area contributed by atoms with E-state index in [0.29, 0.717) is 0 Å². The molecule has 0 radical (unpaired) electrons. The van der Waals surface area contributed by atoms with Crippen LogP contribution < -0.4 is 5.43 Å². The number of rotatable bonds is 10. The van der Waals surface area contributed by atoms with Crippen LogP contribution in [0.5, 0.6) is 0 Å². The minimum atomic E-state index is -4.29. The molecule has 0 aliphatic heterocycles. The van der Waals surface area contributed by atoms with Crippen LogP contribution in [-0.2, 0) is 14.9 Å². The molecule has 0 heterocycles. The van der Waals surface area contributed by atoms with Gasteiger partial charge in [0.05, 0.1) is 24.3 Å². The summed E-state index contributed by atoms with van der Waals surface area (Å²) in [7, 11) is -3.19. The van der Waals surface area contributed by atoms with Crippen molar-refractivity contribution in [2.45, 2.75) is 18.2 Å². The molecular weight excluding hydrogens is 400 g/mol. The van der Waals surface area contributed by atoms with Crippen molar-refractivity contribution in [3.05, 3.63) is 28.3 Å². The Bertz CT molecular complexity index is 799. The van der Waals surface area contributed by atoms with Gasteiger partial charge in [0.2, 0.25) is 0 Å². The topological polar surface area (TPSA) is 151 Å². The normalized spacial score (nSPS) is 11.4. The summed E-state index contributed by atoms with van der Waals surface area (Å²) in [4.78, 5) is 26.7. The minimum Gasteiger partial charge on any atom is -0.452 e. The standard InChI is InChI=1S/C14H20N4O7S2/c1-3-7-26-11-4-5-13(18(20)21)12(9-11)15-10-17(16-14(19)25-2)6-8-27(22,23)24/h4-5,9-10H,3,6-8H2,1-2H3,(H,16,19)(H,22,23,24). The molecular formula is C14H20N4O7S2. The molecule has 0 aliphatic rings. The number of benzene rings is 1. The van der Waals surface area contributed by atoms with E-state index in [0.717, 1.165) is 35.5 Å². The number of ether oxygens (including phenoxy) is 1. The Morgan fingerprint density at radius 3 is 2.78 bits per heavy atom. The number of hydrogen-bond donors (Lipinski definition) is 2. The van der Waals surface area contributed by atoms with Gasteiger partial charge in [0.25, 0.3) is 15.8 Å². The van der Waals surface area contributed by atoms with Crippen LogP contribution in [-0.4, -0.2) is 60.5 Å². The van der Waals surface area contributed by atoms with Crippen molar-refractivity contribution in [1.29, 1.82) is 0 Å². The summed E-state index contributed by atoms with van der Waals surface area (Å²) in [6, 6.07) is 4.45. The molecule has 0 aliphatic carbocycles. The van der Waals surface area contributed by atoms with Crippen LogP contribution in [0.25, 0.3) is 0 Å². The molecule has 0 saturated heterocycles. The Labute approximate surface area is 160 Å². The Balaban J connectivity index is 3.09. The van der Waals surface area contributed by atoms with E-state index in [1.807, 2.05) is 6.92 Å². The third-order valence-electron chi connectivity index (χ3n) is 2.96. The van der Waals surface area contributed by atoms with Crippen LogP contribution in [0.1, 0.15) is 13.3 Å². The molecule has 1 aromatic rings. The van der Waals surface area contributed by atoms with Crippen molar-refractivity contribution in [2.75, 3.05) is 25.2 Å². The van der Waals surface area contributed by atoms with Crippen LogP contribution in [0.2, 0.25) is 0 Å². The van der Waals surface area contributed by atoms with E-state index < -0.39 is 26.9 Å². The van der Waals surface area contributed by atoms with Gasteiger partial charge in [0, 0.05) is 11.0 Å². The lowest BCUT2D eigenvalue weighted by Gasteiger charge is -2.18. The molecule has 150 valence electrons. The number of aliphatic imine (C=N–C) groups is 1. The van der Waals surface area contributed by atoms with Crippen LogP contribution in [0.3, 0.4) is 0 Å². The number of carbonyl (C=O) groups is 1. The lowest BCUT2D eigenvalue weighted by molar-refractivity contribution is -0.384. The first-order valence-corrected chi connectivity index (χ1v) is 10.3. The van der Waals surface area contributed by atoms with Crippen molar-refractivity contribution < 1.29 is 27.4 Å². The van der Waals surface area contributed by atoms with E-state index in [1.165, 1.54) is 23.9 Å². The Morgan fingerprint density at radius 1 is 1.52 bits per heavy atom. The van der Waals surface area contributed by atoms with E-state index in [-0.39, 0.29) is 17.9 Å². The molecule has 0 spiro atoms. The molecule has 27 heavy (non-hydrogen) atoms. The van der Waals surface area contributed by atoms with Gasteiger partial charge in [0.1, 0.15) is 12.0 Å². The number of hydrazine groups is 1. The second-order valence-corrected chi connectivity index (χ2v) is 7.82. The average Bonchev–Trinajstić information content (AvgIpc) is 2.61. The summed E-state index contributed by atoms with van der Waals surface area (Å²) in [5, 5.41) is 12.1. The van der Waals surface area contributed by atoms with Gasteiger partial charge in [-0.2, -0.15) is 8.42 Å². The zero-order valence-corrected chi connectivity index (χ0v) is 16.3. The summed E-state index contributed by atoms with van der Waals surface area (Å²) >= 11 is 1.50. The number of nitrogens with zero attached hydrogens (tertiary/aromatic N) is 3. The number of methoxy groups -OCH3 is 1. The quantitative estimate of drug-likeness (QED) is 0.145. The smallest absolute Gasteiger partial charge is 0.425 e. The summed E-state index contributed by atoms with van der Waals surface area (Å²) < 4.78 is 35.1. The average molecular weight is 420 g/mol. The zero-order chi connectivity index (χ0) is 20.4. The third kappa shape index (κ3) is 8.70. The molecule has 0 aromatic heterocycles. The molecule has 0 saturated carbocycles. The van der Waals surface area contributed by atoms with Gasteiger partial charge >= 0.3 is 6.09 Å². The van der Waals surface area contributed by atoms with E-state index in [4.69, 9.17) is 4.55 Å². The number of nitro groups is 1. The first kappa shape index (κ1) is 22.7. The fourth-order valence-electron chi connectivity index (χ4n) is 1.72. The second-order valence-electron chi connectivity index (χ2n) is 5.08. The number of nitrogens with one attached hydrogen (secondary N) is 1. The molecule has 1 amide bonds. The molecule has 0 atom stereocenters. The van der Waals surface area contributed by atoms with Gasteiger partial charge in [-0.3, -0.25) is 19.7 Å². The fourth-order valence-corrected chi connectivity index (χ4v) is 2.95. The summed E-state index contributed by atoms with van der Waals surface area (Å²) in [5.74, 6) is 0.128. The van der Waals surface area contributed by atoms with Crippen molar-refractivity contribution in [2.24, 2.45) is 4.99 Å². The predicted octanol–water partition coefficient (Wildman–Crippen LogP) is 2.22. The molecule has 1 aromatic carbocycles. The molecule has 2 N–H and O–H groups in total. The van der Waals surface area contributed by atoms with Gasteiger partial charge in [0.15, 0.2) is 0 Å². The number of thioether (sulfide) groups is 1. The third-order valence-corrected chi connectivity index (χ3v) is 4.86. The summed E-state index contributed by atoms with van der Waals surface area (Å²) in [5.41, 5.74) is 1.96. The highest BCUT2D eigenvalue weighted by Gasteiger charge is 2.15. The minimum absolute atomic E-state index is 0.0321. The number of nitro benzene ring substituents is 1. The lowest BCUT2D eigenvalue weighted by atomic mass is 10.3. The molecule has 13 heteroatoms. The van der Waals surface area contributed by atoms with Crippen molar-refractivity contribution in [3.63, 3.8) is 0 Å². The molecule has 0 bridgehead atoms. The van der Waals surface area contributed by atoms with Crippen LogP contribution >= 0.6 is 11.8 Å². The highest BCUT2D eigenvalue weighted by molar-refractivity contribution is 7.99. The fraction of sp³-hybridized carbons (Fsp3) is 0.429. The van der Waals surface area contributed by atoms with Gasteiger partial charge in [-0.25, -0.2) is 15.2 Å². The predicted molar refractivity (Wildman–Crippen MR) is 101 cm³/mol. The van der Waals surface area contributed by atoms with Gasteiger partial charge in [-0.1, -0.05) is 6.92 Å². The van der Waals surface area contributed by atoms with Crippen molar-refractivity contribution >= 4 is 45.7 Å². The summed E-state index contributed by atoms with van der Waals surface area (Å²) in [6.45, 7) is 1.65. The maximum atomic E-state index is 11.3. The summed E-state index contributed by atoms with van der Waals surface area (Å²) in [6.07, 6.45) is 1.03.